The van der Waals surface area contributed by atoms with Crippen molar-refractivity contribution in [2.75, 3.05) is 5.32 Å². The second kappa shape index (κ2) is 5.87. The van der Waals surface area contributed by atoms with Crippen LogP contribution in [0.15, 0.2) is 36.4 Å². The third kappa shape index (κ3) is 3.16. The molecule has 0 aliphatic rings. The molecule has 1 unspecified atom stereocenters. The lowest BCUT2D eigenvalue weighted by molar-refractivity contribution is -0.384. The number of aryl methyl sites for hydroxylation is 1. The van der Waals surface area contributed by atoms with Crippen LogP contribution < -0.4 is 5.32 Å². The highest BCUT2D eigenvalue weighted by Gasteiger charge is 2.16. The van der Waals surface area contributed by atoms with Crippen molar-refractivity contribution in [1.82, 2.24) is 0 Å². The number of anilines is 1. The van der Waals surface area contributed by atoms with E-state index in [9.17, 15) is 18.9 Å². The Morgan fingerprint density at radius 1 is 1.24 bits per heavy atom. The Labute approximate surface area is 120 Å². The zero-order valence-corrected chi connectivity index (χ0v) is 11.6. The average Bonchev–Trinajstić information content (AvgIpc) is 2.43. The minimum atomic E-state index is -0.920. The highest BCUT2D eigenvalue weighted by molar-refractivity contribution is 5.57. The van der Waals surface area contributed by atoms with Gasteiger partial charge in [-0.25, -0.2) is 8.78 Å². The fourth-order valence-electron chi connectivity index (χ4n) is 2.04. The summed E-state index contributed by atoms with van der Waals surface area (Å²) >= 11 is 0. The molecule has 2 aromatic rings. The van der Waals surface area contributed by atoms with Gasteiger partial charge in [-0.2, -0.15) is 0 Å². The minimum absolute atomic E-state index is 0.0602. The van der Waals surface area contributed by atoms with Gasteiger partial charge in [0.25, 0.3) is 5.69 Å². The number of benzene rings is 2. The lowest BCUT2D eigenvalue weighted by Gasteiger charge is -2.18. The zero-order valence-electron chi connectivity index (χ0n) is 11.6. The van der Waals surface area contributed by atoms with E-state index < -0.39 is 22.6 Å². The molecule has 0 fully saturated rings. The van der Waals surface area contributed by atoms with Crippen molar-refractivity contribution in [1.29, 1.82) is 0 Å². The SMILES string of the molecule is Cc1ccc([N+](=O)[O-])cc1NC(C)c1cccc(F)c1F. The third-order valence-electron chi connectivity index (χ3n) is 3.25. The Morgan fingerprint density at radius 3 is 2.62 bits per heavy atom. The molecule has 0 aromatic heterocycles. The first-order valence-corrected chi connectivity index (χ1v) is 6.35. The number of hydrogen-bond acceptors (Lipinski definition) is 3. The van der Waals surface area contributed by atoms with Gasteiger partial charge in [0.2, 0.25) is 0 Å². The number of nitro benzene ring substituents is 1. The van der Waals surface area contributed by atoms with Gasteiger partial charge in [-0.1, -0.05) is 18.2 Å². The molecule has 110 valence electrons. The van der Waals surface area contributed by atoms with Gasteiger partial charge < -0.3 is 5.32 Å². The predicted molar refractivity (Wildman–Crippen MR) is 76.2 cm³/mol. The summed E-state index contributed by atoms with van der Waals surface area (Å²) in [5.41, 5.74) is 1.40. The molecule has 0 amide bonds. The number of nitrogens with one attached hydrogen (secondary N) is 1. The summed E-state index contributed by atoms with van der Waals surface area (Å²) in [7, 11) is 0. The van der Waals surface area contributed by atoms with Crippen LogP contribution in [-0.2, 0) is 0 Å². The van der Waals surface area contributed by atoms with Gasteiger partial charge in [-0.3, -0.25) is 10.1 Å². The first kappa shape index (κ1) is 14.9. The van der Waals surface area contributed by atoms with Crippen molar-refractivity contribution in [3.05, 3.63) is 69.3 Å². The smallest absolute Gasteiger partial charge is 0.271 e. The van der Waals surface area contributed by atoms with Crippen LogP contribution in [0.5, 0.6) is 0 Å². The number of halogens is 2. The second-order valence-electron chi connectivity index (χ2n) is 4.77. The van der Waals surface area contributed by atoms with Gasteiger partial charge in [0.05, 0.1) is 11.0 Å². The molecule has 0 radical (unpaired) electrons. The molecular formula is C15H14F2N2O2. The van der Waals surface area contributed by atoms with Crippen LogP contribution in [0.3, 0.4) is 0 Å². The molecule has 0 bridgehead atoms. The van der Waals surface area contributed by atoms with E-state index in [1.54, 1.807) is 19.9 Å². The topological polar surface area (TPSA) is 55.2 Å². The lowest BCUT2D eigenvalue weighted by Crippen LogP contribution is -2.10. The maximum Gasteiger partial charge on any atom is 0.271 e. The highest BCUT2D eigenvalue weighted by Crippen LogP contribution is 2.27. The normalized spacial score (nSPS) is 12.0. The van der Waals surface area contributed by atoms with Crippen LogP contribution in [0, 0.1) is 28.7 Å². The van der Waals surface area contributed by atoms with Crippen LogP contribution >= 0.6 is 0 Å². The van der Waals surface area contributed by atoms with Crippen LogP contribution in [-0.4, -0.2) is 4.92 Å². The van der Waals surface area contributed by atoms with E-state index >= 15 is 0 Å². The van der Waals surface area contributed by atoms with E-state index in [-0.39, 0.29) is 11.3 Å². The van der Waals surface area contributed by atoms with Crippen LogP contribution in [0.25, 0.3) is 0 Å². The Bertz CT molecular complexity index is 689. The monoisotopic (exact) mass is 292 g/mol. The maximum atomic E-state index is 13.7. The average molecular weight is 292 g/mol. The third-order valence-corrected chi connectivity index (χ3v) is 3.25. The molecule has 4 nitrogen and oxygen atoms in total. The zero-order chi connectivity index (χ0) is 15.6. The molecule has 0 saturated heterocycles. The van der Waals surface area contributed by atoms with Crippen LogP contribution in [0.4, 0.5) is 20.2 Å². The summed E-state index contributed by atoms with van der Waals surface area (Å²) in [6.45, 7) is 3.44. The van der Waals surface area contributed by atoms with Crippen LogP contribution in [0.1, 0.15) is 24.1 Å². The molecule has 2 rings (SSSR count). The van der Waals surface area contributed by atoms with Crippen molar-refractivity contribution in [3.8, 4) is 0 Å². The van der Waals surface area contributed by atoms with E-state index in [0.717, 1.165) is 11.6 Å². The number of nitrogens with zero attached hydrogens (tertiary/aromatic N) is 1. The minimum Gasteiger partial charge on any atom is -0.378 e. The van der Waals surface area contributed by atoms with E-state index in [4.69, 9.17) is 0 Å². The second-order valence-corrected chi connectivity index (χ2v) is 4.77. The Balaban J connectivity index is 2.31. The molecular weight excluding hydrogens is 278 g/mol. The van der Waals surface area contributed by atoms with Crippen molar-refractivity contribution in [3.63, 3.8) is 0 Å². The number of non-ortho nitro benzene ring substituents is 1. The molecule has 6 heteroatoms. The molecule has 0 aliphatic carbocycles. The summed E-state index contributed by atoms with van der Waals surface area (Å²) in [5.74, 6) is -1.84. The summed E-state index contributed by atoms with van der Waals surface area (Å²) in [4.78, 5) is 10.3. The first-order chi connectivity index (χ1) is 9.90. The summed E-state index contributed by atoms with van der Waals surface area (Å²) in [6.07, 6.45) is 0. The Hall–Kier alpha value is -2.50. The van der Waals surface area contributed by atoms with Crippen LogP contribution in [0.2, 0.25) is 0 Å². The van der Waals surface area contributed by atoms with Gasteiger partial charge in [-0.05, 0) is 25.5 Å². The summed E-state index contributed by atoms with van der Waals surface area (Å²) < 4.78 is 27.0. The van der Waals surface area contributed by atoms with Gasteiger partial charge in [0, 0.05) is 23.4 Å². The predicted octanol–water partition coefficient (Wildman–Crippen LogP) is 4.35. The molecule has 2 aromatic carbocycles. The quantitative estimate of drug-likeness (QED) is 0.673. The van der Waals surface area contributed by atoms with E-state index in [0.29, 0.717) is 5.69 Å². The standard InChI is InChI=1S/C15H14F2N2O2/c1-9-6-7-11(19(20)21)8-14(9)18-10(2)12-4-3-5-13(16)15(12)17/h3-8,10,18H,1-2H3. The molecule has 0 saturated carbocycles. The number of hydrogen-bond donors (Lipinski definition) is 1. The fraction of sp³-hybridized carbons (Fsp3) is 0.200. The van der Waals surface area contributed by atoms with Gasteiger partial charge in [-0.15, -0.1) is 0 Å². The summed E-state index contributed by atoms with van der Waals surface area (Å²) in [5, 5.41) is 13.8. The highest BCUT2D eigenvalue weighted by atomic mass is 19.2. The Kier molecular flexibility index (Phi) is 4.16. The van der Waals surface area contributed by atoms with Gasteiger partial charge in [0.15, 0.2) is 11.6 Å². The lowest BCUT2D eigenvalue weighted by atomic mass is 10.1. The van der Waals surface area contributed by atoms with E-state index in [1.165, 1.54) is 24.3 Å². The maximum absolute atomic E-state index is 13.7. The van der Waals surface area contributed by atoms with Gasteiger partial charge in [0.1, 0.15) is 0 Å². The Morgan fingerprint density at radius 2 is 1.95 bits per heavy atom. The first-order valence-electron chi connectivity index (χ1n) is 6.35. The van der Waals surface area contributed by atoms with E-state index in [1.807, 2.05) is 0 Å². The van der Waals surface area contributed by atoms with Crippen molar-refractivity contribution in [2.45, 2.75) is 19.9 Å². The van der Waals surface area contributed by atoms with Crippen molar-refractivity contribution >= 4 is 11.4 Å². The largest absolute Gasteiger partial charge is 0.378 e. The molecule has 0 aliphatic heterocycles. The molecule has 21 heavy (non-hydrogen) atoms. The molecule has 1 N–H and O–H groups in total. The van der Waals surface area contributed by atoms with Crippen molar-refractivity contribution in [2.24, 2.45) is 0 Å². The number of nitro groups is 1. The van der Waals surface area contributed by atoms with Gasteiger partial charge >= 0.3 is 0 Å². The molecule has 0 heterocycles. The van der Waals surface area contributed by atoms with E-state index in [2.05, 4.69) is 5.32 Å². The van der Waals surface area contributed by atoms with Crippen molar-refractivity contribution < 1.29 is 13.7 Å². The fourth-order valence-corrected chi connectivity index (χ4v) is 2.04. The molecule has 1 atom stereocenters. The number of rotatable bonds is 4. The summed E-state index contributed by atoms with van der Waals surface area (Å²) in [6, 6.07) is 7.80. The molecule has 0 spiro atoms.